The lowest BCUT2D eigenvalue weighted by molar-refractivity contribution is 0.184. The topological polar surface area (TPSA) is 63.9 Å². The van der Waals surface area contributed by atoms with Crippen molar-refractivity contribution >= 4 is 28.7 Å². The summed E-state index contributed by atoms with van der Waals surface area (Å²) in [6.45, 7) is 4.45. The molecule has 2 saturated heterocycles. The SMILES string of the molecule is COc1cc2nccc(N3CCC(C4CCCN(SN)C4)CC3)c2cc1OC. The van der Waals surface area contributed by atoms with E-state index in [0.717, 1.165) is 60.4 Å². The van der Waals surface area contributed by atoms with E-state index in [1.165, 1.54) is 43.5 Å². The molecule has 1 aromatic heterocycles. The highest BCUT2D eigenvalue weighted by Crippen LogP contribution is 2.38. The lowest BCUT2D eigenvalue weighted by Gasteiger charge is -2.41. The molecule has 0 aliphatic carbocycles. The largest absolute Gasteiger partial charge is 0.493 e. The number of anilines is 1. The molecule has 2 aliphatic rings. The van der Waals surface area contributed by atoms with Crippen LogP contribution in [0.3, 0.4) is 0 Å². The van der Waals surface area contributed by atoms with Crippen LogP contribution in [-0.2, 0) is 0 Å². The van der Waals surface area contributed by atoms with Crippen LogP contribution < -0.4 is 19.5 Å². The number of hydrogen-bond acceptors (Lipinski definition) is 7. The summed E-state index contributed by atoms with van der Waals surface area (Å²) in [5, 5.41) is 6.93. The maximum atomic E-state index is 5.80. The normalized spacial score (nSPS) is 21.8. The van der Waals surface area contributed by atoms with E-state index >= 15 is 0 Å². The number of aromatic nitrogens is 1. The lowest BCUT2D eigenvalue weighted by Crippen LogP contribution is -2.41. The second-order valence-corrected chi connectivity index (χ2v) is 8.50. The number of rotatable bonds is 5. The van der Waals surface area contributed by atoms with Gasteiger partial charge in [-0.05, 0) is 49.7 Å². The summed E-state index contributed by atoms with van der Waals surface area (Å²) < 4.78 is 13.3. The van der Waals surface area contributed by atoms with Gasteiger partial charge in [-0.1, -0.05) is 0 Å². The van der Waals surface area contributed by atoms with Gasteiger partial charge in [0.05, 0.1) is 19.7 Å². The van der Waals surface area contributed by atoms with Gasteiger partial charge >= 0.3 is 0 Å². The van der Waals surface area contributed by atoms with Crippen LogP contribution in [0.5, 0.6) is 11.5 Å². The number of fused-ring (bicyclic) bond motifs is 1. The number of nitrogens with zero attached hydrogens (tertiary/aromatic N) is 3. The first-order valence-corrected chi connectivity index (χ1v) is 10.9. The molecule has 0 amide bonds. The van der Waals surface area contributed by atoms with Gasteiger partial charge in [-0.25, -0.2) is 4.31 Å². The summed E-state index contributed by atoms with van der Waals surface area (Å²) in [4.78, 5) is 7.05. The van der Waals surface area contributed by atoms with Gasteiger partial charge in [-0.2, -0.15) is 0 Å². The van der Waals surface area contributed by atoms with Crippen LogP contribution in [0.4, 0.5) is 5.69 Å². The minimum absolute atomic E-state index is 0.720. The van der Waals surface area contributed by atoms with Gasteiger partial charge in [-0.15, -0.1) is 0 Å². The third kappa shape index (κ3) is 3.88. The fourth-order valence-electron chi connectivity index (χ4n) is 4.80. The van der Waals surface area contributed by atoms with Crippen LogP contribution >= 0.6 is 12.1 Å². The van der Waals surface area contributed by atoms with Crippen molar-refractivity contribution in [2.45, 2.75) is 25.7 Å². The molecule has 2 fully saturated rings. The summed E-state index contributed by atoms with van der Waals surface area (Å²) in [6, 6.07) is 6.15. The van der Waals surface area contributed by atoms with Crippen LogP contribution in [0.1, 0.15) is 25.7 Å². The molecule has 28 heavy (non-hydrogen) atoms. The molecule has 152 valence electrons. The standard InChI is InChI=1S/C21H30N4O2S/c1-26-20-12-17-18(13-21(20)27-2)23-8-5-19(17)24-10-6-15(7-11-24)16-4-3-9-25(14-16)28-22/h5,8,12-13,15-16H,3-4,6-7,9-11,14,22H2,1-2H3. The van der Waals surface area contributed by atoms with Crippen LogP contribution in [-0.4, -0.2) is 49.7 Å². The van der Waals surface area contributed by atoms with Gasteiger partial charge in [0.2, 0.25) is 0 Å². The zero-order chi connectivity index (χ0) is 19.5. The van der Waals surface area contributed by atoms with Crippen molar-refractivity contribution in [3.8, 4) is 11.5 Å². The Labute approximate surface area is 171 Å². The van der Waals surface area contributed by atoms with Gasteiger partial charge in [0.15, 0.2) is 11.5 Å². The minimum Gasteiger partial charge on any atom is -0.493 e. The Hall–Kier alpha value is -1.70. The van der Waals surface area contributed by atoms with Crippen LogP contribution in [0.25, 0.3) is 10.9 Å². The van der Waals surface area contributed by atoms with Crippen molar-refractivity contribution < 1.29 is 9.47 Å². The first kappa shape index (κ1) is 19.6. The van der Waals surface area contributed by atoms with E-state index in [-0.39, 0.29) is 0 Å². The molecule has 2 aromatic rings. The maximum Gasteiger partial charge on any atom is 0.162 e. The van der Waals surface area contributed by atoms with Gasteiger partial charge in [0, 0.05) is 61.6 Å². The Kier molecular flexibility index (Phi) is 6.13. The van der Waals surface area contributed by atoms with Crippen molar-refractivity contribution in [1.82, 2.24) is 9.29 Å². The number of methoxy groups -OCH3 is 2. The minimum atomic E-state index is 0.720. The Balaban J connectivity index is 1.51. The zero-order valence-corrected chi connectivity index (χ0v) is 17.6. The van der Waals surface area contributed by atoms with Gasteiger partial charge in [0.25, 0.3) is 0 Å². The van der Waals surface area contributed by atoms with E-state index in [0.29, 0.717) is 0 Å². The average molecular weight is 403 g/mol. The molecule has 0 spiro atoms. The Morgan fingerprint density at radius 3 is 2.50 bits per heavy atom. The molecule has 1 aromatic carbocycles. The maximum absolute atomic E-state index is 5.80. The third-order valence-corrected chi connectivity index (χ3v) is 6.97. The van der Waals surface area contributed by atoms with Crippen molar-refractivity contribution in [3.63, 3.8) is 0 Å². The average Bonchev–Trinajstić information content (AvgIpc) is 2.77. The Bertz CT molecular complexity index is 810. The molecule has 1 unspecified atom stereocenters. The molecule has 6 nitrogen and oxygen atoms in total. The summed E-state index contributed by atoms with van der Waals surface area (Å²) >= 11 is 1.41. The first-order valence-electron chi connectivity index (χ1n) is 10.1. The number of benzene rings is 1. The number of ether oxygens (including phenoxy) is 2. The fourth-order valence-corrected chi connectivity index (χ4v) is 5.31. The van der Waals surface area contributed by atoms with Crippen molar-refractivity contribution in [1.29, 1.82) is 0 Å². The first-order chi connectivity index (χ1) is 13.7. The number of piperidine rings is 2. The highest BCUT2D eigenvalue weighted by Gasteiger charge is 2.30. The van der Waals surface area contributed by atoms with Crippen LogP contribution in [0.2, 0.25) is 0 Å². The molecule has 0 radical (unpaired) electrons. The summed E-state index contributed by atoms with van der Waals surface area (Å²) in [5.74, 6) is 3.05. The predicted molar refractivity (Wildman–Crippen MR) is 116 cm³/mol. The Morgan fingerprint density at radius 1 is 1.04 bits per heavy atom. The zero-order valence-electron chi connectivity index (χ0n) is 16.8. The second kappa shape index (κ2) is 8.76. The van der Waals surface area contributed by atoms with Crippen molar-refractivity contribution in [2.75, 3.05) is 45.3 Å². The van der Waals surface area contributed by atoms with E-state index < -0.39 is 0 Å². The number of hydrogen-bond donors (Lipinski definition) is 1. The third-order valence-electron chi connectivity index (χ3n) is 6.34. The summed E-state index contributed by atoms with van der Waals surface area (Å²) in [6.07, 6.45) is 6.99. The number of pyridine rings is 1. The molecular formula is C21H30N4O2S. The van der Waals surface area contributed by atoms with Crippen molar-refractivity contribution in [2.24, 2.45) is 17.0 Å². The van der Waals surface area contributed by atoms with Crippen LogP contribution in [0.15, 0.2) is 24.4 Å². The molecule has 1 atom stereocenters. The monoisotopic (exact) mass is 402 g/mol. The van der Waals surface area contributed by atoms with Gasteiger partial charge in [-0.3, -0.25) is 10.1 Å². The van der Waals surface area contributed by atoms with E-state index in [1.807, 2.05) is 12.3 Å². The highest BCUT2D eigenvalue weighted by molar-refractivity contribution is 7.94. The van der Waals surface area contributed by atoms with Crippen molar-refractivity contribution in [3.05, 3.63) is 24.4 Å². The molecular weight excluding hydrogens is 372 g/mol. The van der Waals surface area contributed by atoms with E-state index in [4.69, 9.17) is 14.6 Å². The molecule has 2 N–H and O–H groups in total. The van der Waals surface area contributed by atoms with E-state index in [2.05, 4.69) is 26.3 Å². The summed E-state index contributed by atoms with van der Waals surface area (Å²) in [5.41, 5.74) is 2.19. The molecule has 2 aliphatic heterocycles. The molecule has 0 saturated carbocycles. The second-order valence-electron chi connectivity index (χ2n) is 7.77. The fraction of sp³-hybridized carbons (Fsp3) is 0.571. The van der Waals surface area contributed by atoms with E-state index in [9.17, 15) is 0 Å². The Morgan fingerprint density at radius 2 is 1.79 bits per heavy atom. The van der Waals surface area contributed by atoms with E-state index in [1.54, 1.807) is 14.2 Å². The van der Waals surface area contributed by atoms with Crippen LogP contribution in [0, 0.1) is 11.8 Å². The summed E-state index contributed by atoms with van der Waals surface area (Å²) in [7, 11) is 3.34. The smallest absolute Gasteiger partial charge is 0.162 e. The van der Waals surface area contributed by atoms with Gasteiger partial charge in [0.1, 0.15) is 0 Å². The quantitative estimate of drug-likeness (QED) is 0.765. The highest BCUT2D eigenvalue weighted by atomic mass is 32.2. The molecule has 3 heterocycles. The molecule has 4 rings (SSSR count). The lowest BCUT2D eigenvalue weighted by atomic mass is 9.80. The predicted octanol–water partition coefficient (Wildman–Crippen LogP) is 3.70. The number of nitrogens with two attached hydrogens (primary N) is 1. The molecule has 7 heteroatoms. The van der Waals surface area contributed by atoms with Gasteiger partial charge < -0.3 is 14.4 Å². The molecule has 0 bridgehead atoms.